The van der Waals surface area contributed by atoms with Crippen LogP contribution in [-0.2, 0) is 13.0 Å². The van der Waals surface area contributed by atoms with Gasteiger partial charge in [-0.2, -0.15) is 0 Å². The number of aryl methyl sites for hydroxylation is 1. The number of hydrogen-bond acceptors (Lipinski definition) is 5. The van der Waals surface area contributed by atoms with Gasteiger partial charge in [0.25, 0.3) is 11.8 Å². The van der Waals surface area contributed by atoms with Crippen LogP contribution in [0.2, 0.25) is 0 Å². The van der Waals surface area contributed by atoms with E-state index in [0.717, 1.165) is 16.9 Å². The second-order valence-electron chi connectivity index (χ2n) is 5.95. The zero-order chi connectivity index (χ0) is 19.1. The molecule has 0 aliphatic rings. The number of ketones is 1. The quantitative estimate of drug-likeness (QED) is 0.619. The minimum Gasteiger partial charge on any atom is -0.489 e. The second kappa shape index (κ2) is 8.80. The Bertz CT molecular complexity index is 901. The largest absolute Gasteiger partial charge is 0.489 e. The minimum atomic E-state index is -0.408. The highest BCUT2D eigenvalue weighted by Crippen LogP contribution is 2.14. The highest BCUT2D eigenvalue weighted by molar-refractivity contribution is 5.94. The molecule has 6 nitrogen and oxygen atoms in total. The van der Waals surface area contributed by atoms with Crippen molar-refractivity contribution in [2.24, 2.45) is 0 Å². The Morgan fingerprint density at radius 1 is 1.04 bits per heavy atom. The Kier molecular flexibility index (Phi) is 5.99. The molecule has 0 radical (unpaired) electrons. The third kappa shape index (κ3) is 5.04. The van der Waals surface area contributed by atoms with E-state index >= 15 is 0 Å². The van der Waals surface area contributed by atoms with Crippen molar-refractivity contribution in [3.8, 4) is 5.75 Å². The smallest absolute Gasteiger partial charge is 0.288 e. The van der Waals surface area contributed by atoms with E-state index in [-0.39, 0.29) is 23.9 Å². The number of nitrogens with one attached hydrogen (secondary N) is 1. The van der Waals surface area contributed by atoms with Gasteiger partial charge in [-0.3, -0.25) is 9.59 Å². The summed E-state index contributed by atoms with van der Waals surface area (Å²) in [5.74, 6) is 0.177. The van der Waals surface area contributed by atoms with Crippen molar-refractivity contribution >= 4 is 11.7 Å². The topological polar surface area (TPSA) is 81.4 Å². The molecule has 3 aromatic rings. The maximum absolute atomic E-state index is 12.2. The van der Waals surface area contributed by atoms with Crippen LogP contribution in [0.1, 0.15) is 38.8 Å². The molecule has 0 saturated carbocycles. The van der Waals surface area contributed by atoms with Gasteiger partial charge in [0, 0.05) is 13.5 Å². The molecule has 1 heterocycles. The lowest BCUT2D eigenvalue weighted by Gasteiger charge is -2.07. The number of carbonyl (C=O) groups excluding carboxylic acids is 2. The molecule has 6 heteroatoms. The number of para-hydroxylation sites is 1. The summed E-state index contributed by atoms with van der Waals surface area (Å²) in [5, 5.41) is 2.42. The predicted molar refractivity (Wildman–Crippen MR) is 99.8 cm³/mol. The van der Waals surface area contributed by atoms with Crippen LogP contribution < -0.4 is 10.1 Å². The van der Waals surface area contributed by atoms with Crippen LogP contribution in [0.15, 0.2) is 65.2 Å². The molecule has 2 aromatic carbocycles. The number of rotatable bonds is 8. The lowest BCUT2D eigenvalue weighted by Crippen LogP contribution is -2.16. The van der Waals surface area contributed by atoms with Gasteiger partial charge in [0.05, 0.1) is 6.20 Å². The monoisotopic (exact) mass is 364 g/mol. The van der Waals surface area contributed by atoms with Gasteiger partial charge < -0.3 is 14.5 Å². The van der Waals surface area contributed by atoms with Gasteiger partial charge in [-0.25, -0.2) is 4.98 Å². The van der Waals surface area contributed by atoms with Crippen LogP contribution in [0.4, 0.5) is 0 Å². The summed E-state index contributed by atoms with van der Waals surface area (Å²) in [4.78, 5) is 27.5. The highest BCUT2D eigenvalue weighted by Gasteiger charge is 2.16. The number of oxazole rings is 1. The average Bonchev–Trinajstić information content (AvgIpc) is 3.22. The van der Waals surface area contributed by atoms with Crippen molar-refractivity contribution in [3.63, 3.8) is 0 Å². The predicted octanol–water partition coefficient (Wildman–Crippen LogP) is 3.43. The minimum absolute atomic E-state index is 0.0311. The normalized spacial score (nSPS) is 10.4. The average molecular weight is 364 g/mol. The number of ether oxygens (including phenoxy) is 1. The number of benzene rings is 2. The van der Waals surface area contributed by atoms with Crippen molar-refractivity contribution in [1.82, 2.24) is 10.3 Å². The van der Waals surface area contributed by atoms with Crippen LogP contribution in [-0.4, -0.2) is 23.7 Å². The molecule has 1 N–H and O–H groups in total. The summed E-state index contributed by atoms with van der Waals surface area (Å²) in [5.41, 5.74) is 2.08. The van der Waals surface area contributed by atoms with Crippen LogP contribution in [0, 0.1) is 0 Å². The molecule has 0 spiro atoms. The van der Waals surface area contributed by atoms with E-state index in [4.69, 9.17) is 9.15 Å². The summed E-state index contributed by atoms with van der Waals surface area (Å²) in [6.07, 6.45) is 2.08. The van der Waals surface area contributed by atoms with Gasteiger partial charge >= 0.3 is 0 Å². The van der Waals surface area contributed by atoms with E-state index in [0.29, 0.717) is 13.0 Å². The molecule has 3 rings (SSSR count). The Morgan fingerprint density at radius 2 is 1.74 bits per heavy atom. The fourth-order valence-corrected chi connectivity index (χ4v) is 2.48. The maximum Gasteiger partial charge on any atom is 0.288 e. The molecule has 0 bridgehead atoms. The number of Topliss-reactive ketones (excluding diaryl/α,β-unsaturated/α-hetero) is 1. The SMILES string of the molecule is CNC(=O)c1cnc(C(=O)CCc2ccc(COc3ccccc3)cc2)o1. The van der Waals surface area contributed by atoms with Crippen LogP contribution in [0.25, 0.3) is 0 Å². The first kappa shape index (κ1) is 18.4. The third-order valence-corrected chi connectivity index (χ3v) is 4.01. The lowest BCUT2D eigenvalue weighted by atomic mass is 10.1. The van der Waals surface area contributed by atoms with E-state index in [1.807, 2.05) is 54.6 Å². The molecular weight excluding hydrogens is 344 g/mol. The first-order valence-electron chi connectivity index (χ1n) is 8.62. The first-order chi connectivity index (χ1) is 13.2. The van der Waals surface area contributed by atoms with Crippen LogP contribution >= 0.6 is 0 Å². The van der Waals surface area contributed by atoms with Crippen LogP contribution in [0.5, 0.6) is 5.75 Å². The van der Waals surface area contributed by atoms with E-state index in [1.165, 1.54) is 13.2 Å². The Morgan fingerprint density at radius 3 is 2.44 bits per heavy atom. The summed E-state index contributed by atoms with van der Waals surface area (Å²) >= 11 is 0. The van der Waals surface area contributed by atoms with Gasteiger partial charge in [-0.15, -0.1) is 0 Å². The molecule has 0 aliphatic carbocycles. The number of carbonyl (C=O) groups is 2. The van der Waals surface area contributed by atoms with Crippen molar-refractivity contribution in [2.75, 3.05) is 7.05 Å². The van der Waals surface area contributed by atoms with Crippen molar-refractivity contribution in [3.05, 3.63) is 83.6 Å². The van der Waals surface area contributed by atoms with Gasteiger partial charge in [0.15, 0.2) is 0 Å². The summed E-state index contributed by atoms with van der Waals surface area (Å²) < 4.78 is 10.9. The molecule has 0 unspecified atom stereocenters. The Labute approximate surface area is 157 Å². The molecule has 0 fully saturated rings. The summed E-state index contributed by atoms with van der Waals surface area (Å²) in [6, 6.07) is 17.6. The molecule has 27 heavy (non-hydrogen) atoms. The summed E-state index contributed by atoms with van der Waals surface area (Å²) in [6.45, 7) is 0.488. The summed E-state index contributed by atoms with van der Waals surface area (Å²) in [7, 11) is 1.49. The molecule has 0 aliphatic heterocycles. The molecule has 138 valence electrons. The van der Waals surface area contributed by atoms with Crippen LogP contribution in [0.3, 0.4) is 0 Å². The van der Waals surface area contributed by atoms with Crippen molar-refractivity contribution in [2.45, 2.75) is 19.4 Å². The van der Waals surface area contributed by atoms with Gasteiger partial charge in [-0.1, -0.05) is 42.5 Å². The maximum atomic E-state index is 12.2. The van der Waals surface area contributed by atoms with Gasteiger partial charge in [0.1, 0.15) is 12.4 Å². The molecule has 0 atom stereocenters. The Hall–Kier alpha value is -3.41. The molecular formula is C21H20N2O4. The molecule has 1 amide bonds. The fraction of sp³-hybridized carbons (Fsp3) is 0.190. The highest BCUT2D eigenvalue weighted by atomic mass is 16.5. The van der Waals surface area contributed by atoms with E-state index in [1.54, 1.807) is 0 Å². The Balaban J connectivity index is 1.50. The number of nitrogens with zero attached hydrogens (tertiary/aromatic N) is 1. The van der Waals surface area contributed by atoms with E-state index in [9.17, 15) is 9.59 Å². The van der Waals surface area contributed by atoms with Gasteiger partial charge in [0.2, 0.25) is 11.5 Å². The number of aromatic nitrogens is 1. The van der Waals surface area contributed by atoms with E-state index < -0.39 is 5.91 Å². The first-order valence-corrected chi connectivity index (χ1v) is 8.62. The zero-order valence-corrected chi connectivity index (χ0v) is 15.0. The number of hydrogen-bond donors (Lipinski definition) is 1. The molecule has 0 saturated heterocycles. The third-order valence-electron chi connectivity index (χ3n) is 4.01. The van der Waals surface area contributed by atoms with E-state index in [2.05, 4.69) is 10.3 Å². The standard InChI is InChI=1S/C21H20N2O4/c1-22-20(25)19-13-23-21(27-19)18(24)12-11-15-7-9-16(10-8-15)14-26-17-5-3-2-4-6-17/h2-10,13H,11-12,14H2,1H3,(H,22,25). The zero-order valence-electron chi connectivity index (χ0n) is 15.0. The van der Waals surface area contributed by atoms with Gasteiger partial charge in [-0.05, 0) is 29.7 Å². The number of amides is 1. The molecule has 1 aromatic heterocycles. The van der Waals surface area contributed by atoms with Crippen molar-refractivity contribution < 1.29 is 18.7 Å². The fourth-order valence-electron chi connectivity index (χ4n) is 2.48. The lowest BCUT2D eigenvalue weighted by molar-refractivity contribution is 0.0917. The van der Waals surface area contributed by atoms with Crippen molar-refractivity contribution in [1.29, 1.82) is 0 Å². The second-order valence-corrected chi connectivity index (χ2v) is 5.95.